The van der Waals surface area contributed by atoms with Gasteiger partial charge in [0.2, 0.25) is 5.91 Å². The van der Waals surface area contributed by atoms with Crippen molar-refractivity contribution < 1.29 is 18.3 Å². The predicted molar refractivity (Wildman–Crippen MR) is 120 cm³/mol. The summed E-state index contributed by atoms with van der Waals surface area (Å²) in [7, 11) is 3.71. The summed E-state index contributed by atoms with van der Waals surface area (Å²) in [5, 5.41) is 3.43. The molecular formula is C25H31F2N3O2. The van der Waals surface area contributed by atoms with Crippen molar-refractivity contribution in [3.05, 3.63) is 65.2 Å². The quantitative estimate of drug-likeness (QED) is 0.743. The van der Waals surface area contributed by atoms with Gasteiger partial charge in [-0.15, -0.1) is 0 Å². The van der Waals surface area contributed by atoms with Gasteiger partial charge in [-0.25, -0.2) is 8.78 Å². The van der Waals surface area contributed by atoms with Gasteiger partial charge in [0.25, 0.3) is 0 Å². The number of carbonyl (C=O) groups is 1. The van der Waals surface area contributed by atoms with Gasteiger partial charge in [0.15, 0.2) is 0 Å². The van der Waals surface area contributed by atoms with E-state index in [4.69, 9.17) is 4.74 Å². The van der Waals surface area contributed by atoms with Crippen molar-refractivity contribution in [3.63, 3.8) is 0 Å². The molecule has 1 aliphatic heterocycles. The molecule has 2 fully saturated rings. The van der Waals surface area contributed by atoms with Crippen LogP contribution in [0.5, 0.6) is 5.75 Å². The molecule has 1 saturated carbocycles. The number of ether oxygens (including phenoxy) is 1. The molecule has 0 radical (unpaired) electrons. The Labute approximate surface area is 188 Å². The highest BCUT2D eigenvalue weighted by Crippen LogP contribution is 2.41. The summed E-state index contributed by atoms with van der Waals surface area (Å²) in [5.41, 5.74) is 1.69. The van der Waals surface area contributed by atoms with Crippen LogP contribution in [0.15, 0.2) is 42.5 Å². The van der Waals surface area contributed by atoms with Crippen molar-refractivity contribution in [1.29, 1.82) is 0 Å². The Morgan fingerprint density at radius 3 is 2.31 bits per heavy atom. The summed E-state index contributed by atoms with van der Waals surface area (Å²) >= 11 is 0. The molecule has 0 aromatic heterocycles. The molecule has 2 aromatic carbocycles. The molecule has 1 aliphatic carbocycles. The molecule has 1 N–H and O–H groups in total. The lowest BCUT2D eigenvalue weighted by atomic mass is 9.87. The fourth-order valence-corrected chi connectivity index (χ4v) is 4.93. The van der Waals surface area contributed by atoms with Crippen LogP contribution in [-0.4, -0.2) is 62.1 Å². The van der Waals surface area contributed by atoms with Gasteiger partial charge in [0.1, 0.15) is 17.4 Å². The normalized spacial score (nSPS) is 24.0. The van der Waals surface area contributed by atoms with Gasteiger partial charge < -0.3 is 19.9 Å². The first-order chi connectivity index (χ1) is 15.4. The van der Waals surface area contributed by atoms with Crippen LogP contribution in [0, 0.1) is 17.6 Å². The van der Waals surface area contributed by atoms with Crippen LogP contribution in [0.2, 0.25) is 0 Å². The largest absolute Gasteiger partial charge is 0.497 e. The SMILES string of the molecule is COc1ccc([C@H]2C[C@H](NCc3cc(F)cc(F)c3)C[C@@H]2C(=O)N2CCN(C)CC2)cc1. The maximum atomic E-state index is 13.5. The zero-order valence-electron chi connectivity index (χ0n) is 18.7. The number of rotatable bonds is 6. The number of benzene rings is 2. The van der Waals surface area contributed by atoms with Crippen molar-refractivity contribution in [2.75, 3.05) is 40.3 Å². The minimum Gasteiger partial charge on any atom is -0.497 e. The third kappa shape index (κ3) is 5.27. The van der Waals surface area contributed by atoms with E-state index >= 15 is 0 Å². The van der Waals surface area contributed by atoms with Crippen molar-refractivity contribution in [3.8, 4) is 5.75 Å². The molecule has 1 amide bonds. The second-order valence-electron chi connectivity index (χ2n) is 8.94. The molecule has 3 atom stereocenters. The van der Waals surface area contributed by atoms with E-state index in [1.165, 1.54) is 12.1 Å². The summed E-state index contributed by atoms with van der Waals surface area (Å²) in [4.78, 5) is 17.7. The first kappa shape index (κ1) is 22.7. The number of carbonyl (C=O) groups excluding carboxylic acids is 1. The van der Waals surface area contributed by atoms with E-state index in [0.29, 0.717) is 18.5 Å². The van der Waals surface area contributed by atoms with Gasteiger partial charge in [-0.05, 0) is 61.2 Å². The lowest BCUT2D eigenvalue weighted by molar-refractivity contribution is -0.137. The highest BCUT2D eigenvalue weighted by molar-refractivity contribution is 5.80. The third-order valence-electron chi connectivity index (χ3n) is 6.76. The molecule has 0 spiro atoms. The Balaban J connectivity index is 1.49. The molecule has 4 rings (SSSR count). The van der Waals surface area contributed by atoms with E-state index in [9.17, 15) is 13.6 Å². The van der Waals surface area contributed by atoms with Gasteiger partial charge in [-0.2, -0.15) is 0 Å². The summed E-state index contributed by atoms with van der Waals surface area (Å²) in [6, 6.07) is 11.6. The Bertz CT molecular complexity index is 909. The summed E-state index contributed by atoms with van der Waals surface area (Å²) in [5.74, 6) is -0.181. The average molecular weight is 444 g/mol. The van der Waals surface area contributed by atoms with Gasteiger partial charge >= 0.3 is 0 Å². The molecule has 2 aliphatic rings. The van der Waals surface area contributed by atoms with E-state index in [0.717, 1.165) is 50.0 Å². The van der Waals surface area contributed by atoms with E-state index in [1.54, 1.807) is 7.11 Å². The molecule has 0 bridgehead atoms. The zero-order chi connectivity index (χ0) is 22.7. The fourth-order valence-electron chi connectivity index (χ4n) is 4.93. The Hall–Kier alpha value is -2.51. The predicted octanol–water partition coefficient (Wildman–Crippen LogP) is 3.40. The van der Waals surface area contributed by atoms with Gasteiger partial charge in [-0.1, -0.05) is 12.1 Å². The standard InChI is InChI=1S/C25H31F2N3O2/c1-29-7-9-30(10-8-29)25(31)24-15-21(28-16-17-11-19(26)13-20(27)12-17)14-23(24)18-3-5-22(32-2)6-4-18/h3-6,11-13,21,23-24,28H,7-10,14-16H2,1-2H3/t21-,23+,24-/m0/s1. The van der Waals surface area contributed by atoms with Crippen molar-refractivity contribution in [2.24, 2.45) is 5.92 Å². The van der Waals surface area contributed by atoms with Crippen LogP contribution in [-0.2, 0) is 11.3 Å². The number of nitrogens with one attached hydrogen (secondary N) is 1. The molecular weight excluding hydrogens is 412 g/mol. The van der Waals surface area contributed by atoms with Crippen LogP contribution in [0.25, 0.3) is 0 Å². The van der Waals surface area contributed by atoms with Crippen LogP contribution < -0.4 is 10.1 Å². The fraction of sp³-hybridized carbons (Fsp3) is 0.480. The maximum absolute atomic E-state index is 13.5. The van der Waals surface area contributed by atoms with Crippen LogP contribution in [0.4, 0.5) is 8.78 Å². The van der Waals surface area contributed by atoms with Crippen LogP contribution in [0.3, 0.4) is 0 Å². The molecule has 172 valence electrons. The second-order valence-corrected chi connectivity index (χ2v) is 8.94. The molecule has 0 unspecified atom stereocenters. The van der Waals surface area contributed by atoms with E-state index in [1.807, 2.05) is 29.2 Å². The molecule has 1 heterocycles. The van der Waals surface area contributed by atoms with Gasteiger partial charge in [0, 0.05) is 50.7 Å². The smallest absolute Gasteiger partial charge is 0.226 e. The summed E-state index contributed by atoms with van der Waals surface area (Å²) < 4.78 is 32.4. The van der Waals surface area contributed by atoms with E-state index in [2.05, 4.69) is 17.3 Å². The minimum absolute atomic E-state index is 0.0924. The van der Waals surface area contributed by atoms with Crippen molar-refractivity contribution >= 4 is 5.91 Å². The number of methoxy groups -OCH3 is 1. The molecule has 32 heavy (non-hydrogen) atoms. The first-order valence-electron chi connectivity index (χ1n) is 11.2. The van der Waals surface area contributed by atoms with E-state index < -0.39 is 11.6 Å². The van der Waals surface area contributed by atoms with Gasteiger partial charge in [0.05, 0.1) is 7.11 Å². The first-order valence-corrected chi connectivity index (χ1v) is 11.2. The van der Waals surface area contributed by atoms with Crippen molar-refractivity contribution in [2.45, 2.75) is 31.3 Å². The average Bonchev–Trinajstić information content (AvgIpc) is 3.21. The lowest BCUT2D eigenvalue weighted by Crippen LogP contribution is -2.49. The number of likely N-dealkylation sites (N-methyl/N-ethyl adjacent to an activating group) is 1. The molecule has 5 nitrogen and oxygen atoms in total. The highest BCUT2D eigenvalue weighted by Gasteiger charge is 2.41. The third-order valence-corrected chi connectivity index (χ3v) is 6.76. The Morgan fingerprint density at radius 1 is 1.03 bits per heavy atom. The lowest BCUT2D eigenvalue weighted by Gasteiger charge is -2.35. The molecule has 1 saturated heterocycles. The van der Waals surface area contributed by atoms with Gasteiger partial charge in [-0.3, -0.25) is 4.79 Å². The second kappa shape index (κ2) is 9.96. The highest BCUT2D eigenvalue weighted by atomic mass is 19.1. The topological polar surface area (TPSA) is 44.8 Å². The van der Waals surface area contributed by atoms with E-state index in [-0.39, 0.29) is 23.8 Å². The summed E-state index contributed by atoms with van der Waals surface area (Å²) in [6.07, 6.45) is 1.51. The number of hydrogen-bond donors (Lipinski definition) is 1. The Morgan fingerprint density at radius 2 is 1.69 bits per heavy atom. The number of nitrogens with zero attached hydrogens (tertiary/aromatic N) is 2. The van der Waals surface area contributed by atoms with Crippen LogP contribution in [0.1, 0.15) is 29.9 Å². The monoisotopic (exact) mass is 443 g/mol. The summed E-state index contributed by atoms with van der Waals surface area (Å²) in [6.45, 7) is 3.64. The maximum Gasteiger partial charge on any atom is 0.226 e. The van der Waals surface area contributed by atoms with Crippen molar-refractivity contribution in [1.82, 2.24) is 15.1 Å². The number of amides is 1. The molecule has 2 aromatic rings. The Kier molecular flexibility index (Phi) is 7.06. The van der Waals surface area contributed by atoms with Crippen LogP contribution >= 0.6 is 0 Å². The number of halogens is 2. The number of piperazine rings is 1. The molecule has 7 heteroatoms. The zero-order valence-corrected chi connectivity index (χ0v) is 18.7. The minimum atomic E-state index is -0.576. The number of hydrogen-bond acceptors (Lipinski definition) is 4.